The van der Waals surface area contributed by atoms with Crippen LogP contribution in [-0.2, 0) is 28.8 Å². The molecule has 0 aromatic carbocycles. The predicted octanol–water partition coefficient (Wildman–Crippen LogP) is 3.58. The Bertz CT molecular complexity index is 1430. The van der Waals surface area contributed by atoms with Gasteiger partial charge in [0, 0.05) is 36.8 Å². The van der Waals surface area contributed by atoms with E-state index in [-0.39, 0.29) is 37.3 Å². The van der Waals surface area contributed by atoms with E-state index in [1.807, 2.05) is 33.8 Å². The summed E-state index contributed by atoms with van der Waals surface area (Å²) in [6.45, 7) is 7.51. The zero-order valence-corrected chi connectivity index (χ0v) is 29.2. The number of halogens is 1. The van der Waals surface area contributed by atoms with Gasteiger partial charge >= 0.3 is 0 Å². The van der Waals surface area contributed by atoms with Crippen LogP contribution >= 0.6 is 11.6 Å². The average molecular weight is 685 g/mol. The highest BCUT2D eigenvalue weighted by atomic mass is 35.5. The van der Waals surface area contributed by atoms with Crippen LogP contribution in [0, 0.1) is 11.3 Å². The second-order valence-corrected chi connectivity index (χ2v) is 15.4. The lowest BCUT2D eigenvalue weighted by Crippen LogP contribution is -2.59. The summed E-state index contributed by atoms with van der Waals surface area (Å²) >= 11 is 6.18. The number of carbonyl (C=O) groups is 5. The number of ketones is 1. The van der Waals surface area contributed by atoms with Crippen LogP contribution in [0.25, 0.3) is 5.70 Å². The minimum atomic E-state index is -1.10. The first-order valence-electron chi connectivity index (χ1n) is 17.3. The highest BCUT2D eigenvalue weighted by Gasteiger charge is 2.54. The maximum Gasteiger partial charge on any atom is 0.289 e. The van der Waals surface area contributed by atoms with Crippen molar-refractivity contribution >= 4 is 46.7 Å². The molecule has 4 amide bonds. The van der Waals surface area contributed by atoms with Gasteiger partial charge in [-0.3, -0.25) is 39.3 Å². The number of carbonyl (C=O) groups excluding carboxylic acids is 5. The summed E-state index contributed by atoms with van der Waals surface area (Å²) in [7, 11) is 0. The molecular weight excluding hydrogens is 636 g/mol. The van der Waals surface area contributed by atoms with Crippen molar-refractivity contribution in [2.45, 2.75) is 128 Å². The first-order chi connectivity index (χ1) is 22.8. The number of nitrogens with one attached hydrogen (secondary N) is 4. The Labute approximate surface area is 287 Å². The van der Waals surface area contributed by atoms with Crippen LogP contribution in [0.5, 0.6) is 0 Å². The fraction of sp³-hybridized carbons (Fsp3) is 0.657. The van der Waals surface area contributed by atoms with E-state index in [1.165, 1.54) is 17.5 Å². The van der Waals surface area contributed by atoms with Crippen LogP contribution in [-0.4, -0.2) is 75.6 Å². The summed E-state index contributed by atoms with van der Waals surface area (Å²) < 4.78 is 0. The van der Waals surface area contributed by atoms with E-state index in [0.717, 1.165) is 38.5 Å². The molecule has 0 bridgehead atoms. The first kappa shape index (κ1) is 35.8. The Morgan fingerprint density at radius 1 is 1.08 bits per heavy atom. The molecule has 5 rings (SSSR count). The quantitative estimate of drug-likeness (QED) is 0.243. The molecule has 1 aromatic heterocycles. The Morgan fingerprint density at radius 3 is 2.46 bits per heavy atom. The van der Waals surface area contributed by atoms with E-state index in [9.17, 15) is 24.0 Å². The van der Waals surface area contributed by atoms with E-state index in [2.05, 4.69) is 26.4 Å². The second kappa shape index (κ2) is 14.9. The lowest BCUT2D eigenvalue weighted by molar-refractivity contribution is -0.145. The van der Waals surface area contributed by atoms with Gasteiger partial charge in [-0.15, -0.1) is 0 Å². The number of rotatable bonds is 12. The number of Topliss-reactive ketones (excluding diaryl/α,β-unsaturated/α-hetero) is 1. The number of hydrogen-bond acceptors (Lipinski definition) is 8. The maximum atomic E-state index is 14.5. The number of likely N-dealkylation sites (tertiary alicyclic amines) is 1. The van der Waals surface area contributed by atoms with Crippen molar-refractivity contribution in [3.05, 3.63) is 35.1 Å². The standard InChI is InChI=1S/C35H49ClN6O6/c1-5-9-25(29(44)32(46)38-24-12-13-24)39-31(45)27-17-35(16-26(41-48-35)22-15-23(36)19-37-18-22)20-42(27)33(47)30(34(2,3)4)40-28(43)14-21-10-7-6-8-11-21/h15-16,18-19,21,24-25,27,30,41H,5-14,17,20H2,1-4H3,(H,38,46)(H,39,45)(H,40,43)/t25-,27-,30+,35+/m0/s1. The molecule has 2 aliphatic heterocycles. The van der Waals surface area contributed by atoms with Crippen LogP contribution in [0.2, 0.25) is 5.02 Å². The van der Waals surface area contributed by atoms with Crippen LogP contribution in [0.1, 0.15) is 104 Å². The van der Waals surface area contributed by atoms with Gasteiger partial charge in [0.05, 0.1) is 23.3 Å². The summed E-state index contributed by atoms with van der Waals surface area (Å²) in [5, 5.41) is 8.95. The molecule has 1 aromatic rings. The monoisotopic (exact) mass is 684 g/mol. The van der Waals surface area contributed by atoms with Crippen molar-refractivity contribution < 1.29 is 28.8 Å². The molecule has 4 atom stereocenters. The SMILES string of the molecule is CCC[C@H](NC(=O)[C@@H]1C[C@]2(C=C(c3cncc(Cl)c3)NO2)CN1C(=O)[C@@H](NC(=O)CC1CCCCC1)C(C)(C)C)C(=O)C(=O)NC1CC1. The molecule has 4 aliphatic rings. The van der Waals surface area contributed by atoms with E-state index in [0.29, 0.717) is 29.1 Å². The lowest BCUT2D eigenvalue weighted by Gasteiger charge is -2.36. The molecule has 0 unspecified atom stereocenters. The van der Waals surface area contributed by atoms with E-state index >= 15 is 0 Å². The second-order valence-electron chi connectivity index (χ2n) is 14.9. The summed E-state index contributed by atoms with van der Waals surface area (Å²) in [5.41, 5.74) is 2.40. The summed E-state index contributed by atoms with van der Waals surface area (Å²) in [6.07, 6.45) is 13.2. The van der Waals surface area contributed by atoms with Gasteiger partial charge in [-0.1, -0.05) is 65.0 Å². The molecule has 0 radical (unpaired) electrons. The highest BCUT2D eigenvalue weighted by molar-refractivity contribution is 6.38. The summed E-state index contributed by atoms with van der Waals surface area (Å²) in [6, 6.07) is -1.30. The molecule has 2 aliphatic carbocycles. The molecule has 1 saturated heterocycles. The number of hydroxylamine groups is 1. The van der Waals surface area contributed by atoms with Crippen LogP contribution < -0.4 is 21.4 Å². The van der Waals surface area contributed by atoms with Gasteiger partial charge in [-0.05, 0) is 55.6 Å². The Morgan fingerprint density at radius 2 is 1.81 bits per heavy atom. The number of pyridine rings is 1. The first-order valence-corrected chi connectivity index (χ1v) is 17.7. The van der Waals surface area contributed by atoms with Crippen LogP contribution in [0.4, 0.5) is 0 Å². The van der Waals surface area contributed by atoms with Crippen molar-refractivity contribution in [3.8, 4) is 0 Å². The van der Waals surface area contributed by atoms with Gasteiger partial charge in [-0.2, -0.15) is 0 Å². The normalized spacial score (nSPS) is 24.0. The van der Waals surface area contributed by atoms with Gasteiger partial charge < -0.3 is 20.9 Å². The number of aromatic nitrogens is 1. The minimum absolute atomic E-state index is 0.00687. The van der Waals surface area contributed by atoms with Gasteiger partial charge in [0.25, 0.3) is 5.91 Å². The smallest absolute Gasteiger partial charge is 0.289 e. The Hall–Kier alpha value is -3.51. The third-order valence-electron chi connectivity index (χ3n) is 9.69. The molecule has 12 nitrogen and oxygen atoms in total. The molecule has 3 heterocycles. The molecule has 13 heteroatoms. The Balaban J connectivity index is 1.40. The average Bonchev–Trinajstić information content (AvgIpc) is 3.63. The lowest BCUT2D eigenvalue weighted by atomic mass is 9.84. The van der Waals surface area contributed by atoms with Crippen LogP contribution in [0.3, 0.4) is 0 Å². The van der Waals surface area contributed by atoms with Gasteiger partial charge in [0.15, 0.2) is 0 Å². The third-order valence-corrected chi connectivity index (χ3v) is 9.90. The number of amides is 4. The van der Waals surface area contributed by atoms with Crippen LogP contribution in [0.15, 0.2) is 24.5 Å². The zero-order valence-electron chi connectivity index (χ0n) is 28.4. The third kappa shape index (κ3) is 8.74. The number of nitrogens with zero attached hydrogens (tertiary/aromatic N) is 2. The molecule has 1 spiro atoms. The summed E-state index contributed by atoms with van der Waals surface area (Å²) in [4.78, 5) is 79.5. The fourth-order valence-corrected chi connectivity index (χ4v) is 7.05. The maximum absolute atomic E-state index is 14.5. The van der Waals surface area contributed by atoms with Crippen molar-refractivity contribution in [2.24, 2.45) is 11.3 Å². The zero-order chi connectivity index (χ0) is 34.6. The minimum Gasteiger partial charge on any atom is -0.347 e. The Kier molecular flexibility index (Phi) is 11.1. The van der Waals surface area contributed by atoms with Crippen molar-refractivity contribution in [2.75, 3.05) is 6.54 Å². The van der Waals surface area contributed by atoms with Crippen molar-refractivity contribution in [1.29, 1.82) is 0 Å². The molecule has 3 fully saturated rings. The summed E-state index contributed by atoms with van der Waals surface area (Å²) in [5.74, 6) is -2.31. The fourth-order valence-electron chi connectivity index (χ4n) is 6.88. The largest absolute Gasteiger partial charge is 0.347 e. The van der Waals surface area contributed by atoms with Crippen molar-refractivity contribution in [1.82, 2.24) is 31.3 Å². The van der Waals surface area contributed by atoms with E-state index in [4.69, 9.17) is 16.4 Å². The van der Waals surface area contributed by atoms with Gasteiger partial charge in [0.2, 0.25) is 23.5 Å². The van der Waals surface area contributed by atoms with E-state index < -0.39 is 52.6 Å². The van der Waals surface area contributed by atoms with Gasteiger partial charge in [0.1, 0.15) is 17.7 Å². The predicted molar refractivity (Wildman–Crippen MR) is 180 cm³/mol. The highest BCUT2D eigenvalue weighted by Crippen LogP contribution is 2.39. The topological polar surface area (TPSA) is 159 Å². The number of hydrogen-bond donors (Lipinski definition) is 4. The van der Waals surface area contributed by atoms with E-state index in [1.54, 1.807) is 12.3 Å². The van der Waals surface area contributed by atoms with Gasteiger partial charge in [-0.25, -0.2) is 0 Å². The van der Waals surface area contributed by atoms with Crippen molar-refractivity contribution in [3.63, 3.8) is 0 Å². The molecule has 4 N–H and O–H groups in total. The molecule has 48 heavy (non-hydrogen) atoms. The molecular formula is C35H49ClN6O6. The molecule has 2 saturated carbocycles. The molecule has 262 valence electrons.